The lowest BCUT2D eigenvalue weighted by molar-refractivity contribution is 0.0354. The second-order valence-corrected chi connectivity index (χ2v) is 4.67. The highest BCUT2D eigenvalue weighted by molar-refractivity contribution is 5.27. The Morgan fingerprint density at radius 2 is 2.00 bits per heavy atom. The van der Waals surface area contributed by atoms with Crippen molar-refractivity contribution in [3.8, 4) is 5.75 Å². The van der Waals surface area contributed by atoms with Gasteiger partial charge in [-0.15, -0.1) is 0 Å². The monoisotopic (exact) mass is 223 g/mol. The first-order valence-electron chi connectivity index (χ1n) is 5.69. The van der Waals surface area contributed by atoms with Gasteiger partial charge in [-0.1, -0.05) is 12.1 Å². The van der Waals surface area contributed by atoms with E-state index in [-0.39, 0.29) is 6.04 Å². The first-order valence-corrected chi connectivity index (χ1v) is 5.69. The molecule has 0 aliphatic heterocycles. The first-order chi connectivity index (χ1) is 7.61. The Kier molecular flexibility index (Phi) is 3.15. The van der Waals surface area contributed by atoms with Gasteiger partial charge in [0.25, 0.3) is 0 Å². The predicted molar refractivity (Wildman–Crippen MR) is 62.4 cm³/mol. The summed E-state index contributed by atoms with van der Waals surface area (Å²) < 4.78 is 19.0. The molecule has 0 unspecified atom stereocenters. The van der Waals surface area contributed by atoms with Gasteiger partial charge in [-0.25, -0.2) is 4.39 Å². The van der Waals surface area contributed by atoms with Gasteiger partial charge in [0.2, 0.25) is 0 Å². The maximum atomic E-state index is 13.9. The fourth-order valence-corrected chi connectivity index (χ4v) is 2.24. The fourth-order valence-electron chi connectivity index (χ4n) is 2.24. The zero-order valence-corrected chi connectivity index (χ0v) is 9.58. The van der Waals surface area contributed by atoms with Crippen LogP contribution in [0.4, 0.5) is 4.39 Å². The van der Waals surface area contributed by atoms with Gasteiger partial charge >= 0.3 is 0 Å². The third kappa shape index (κ3) is 2.53. The van der Waals surface area contributed by atoms with Crippen LogP contribution in [0.15, 0.2) is 24.3 Å². The number of alkyl halides is 1. The van der Waals surface area contributed by atoms with Crippen LogP contribution < -0.4 is 10.5 Å². The predicted octanol–water partition coefficient (Wildman–Crippen LogP) is 2.46. The zero-order chi connectivity index (χ0) is 11.6. The number of hydrogen-bond acceptors (Lipinski definition) is 2. The molecule has 1 fully saturated rings. The van der Waals surface area contributed by atoms with Gasteiger partial charge in [-0.2, -0.15) is 0 Å². The van der Waals surface area contributed by atoms with E-state index in [4.69, 9.17) is 10.5 Å². The third-order valence-corrected chi connectivity index (χ3v) is 3.28. The molecule has 1 aliphatic carbocycles. The molecule has 0 aromatic heterocycles. The topological polar surface area (TPSA) is 35.2 Å². The third-order valence-electron chi connectivity index (χ3n) is 3.28. The number of nitrogens with two attached hydrogens (primary N) is 1. The largest absolute Gasteiger partial charge is 0.497 e. The van der Waals surface area contributed by atoms with Crippen molar-refractivity contribution in [1.82, 2.24) is 0 Å². The van der Waals surface area contributed by atoms with E-state index in [2.05, 4.69) is 0 Å². The molecule has 0 saturated heterocycles. The van der Waals surface area contributed by atoms with Crippen molar-refractivity contribution >= 4 is 0 Å². The molecule has 16 heavy (non-hydrogen) atoms. The average Bonchev–Trinajstić information content (AvgIpc) is 2.25. The van der Waals surface area contributed by atoms with Crippen LogP contribution in [0, 0.1) is 0 Å². The molecule has 3 heteroatoms. The van der Waals surface area contributed by atoms with E-state index >= 15 is 0 Å². The molecule has 88 valence electrons. The number of rotatable bonds is 4. The van der Waals surface area contributed by atoms with E-state index in [0.717, 1.165) is 17.7 Å². The second kappa shape index (κ2) is 4.42. The van der Waals surface area contributed by atoms with Crippen LogP contribution in [0.25, 0.3) is 0 Å². The molecule has 0 amide bonds. The van der Waals surface area contributed by atoms with Crippen molar-refractivity contribution in [3.05, 3.63) is 29.8 Å². The van der Waals surface area contributed by atoms with Crippen molar-refractivity contribution in [2.24, 2.45) is 5.73 Å². The van der Waals surface area contributed by atoms with E-state index in [0.29, 0.717) is 19.3 Å². The van der Waals surface area contributed by atoms with E-state index in [1.54, 1.807) is 7.11 Å². The first kappa shape index (κ1) is 11.4. The summed E-state index contributed by atoms with van der Waals surface area (Å²) in [5.41, 5.74) is 5.74. The highest BCUT2D eigenvalue weighted by atomic mass is 19.1. The van der Waals surface area contributed by atoms with Crippen LogP contribution in [-0.2, 0) is 6.42 Å². The minimum Gasteiger partial charge on any atom is -0.497 e. The van der Waals surface area contributed by atoms with Gasteiger partial charge in [0.15, 0.2) is 0 Å². The summed E-state index contributed by atoms with van der Waals surface area (Å²) in [6.07, 6.45) is 2.38. The van der Waals surface area contributed by atoms with Crippen LogP contribution >= 0.6 is 0 Å². The van der Waals surface area contributed by atoms with E-state index < -0.39 is 5.67 Å². The zero-order valence-electron chi connectivity index (χ0n) is 9.58. The van der Waals surface area contributed by atoms with Gasteiger partial charge in [-0.05, 0) is 43.4 Å². The van der Waals surface area contributed by atoms with Crippen LogP contribution in [0.1, 0.15) is 24.8 Å². The van der Waals surface area contributed by atoms with Crippen LogP contribution in [-0.4, -0.2) is 18.8 Å². The molecule has 1 aromatic rings. The minimum absolute atomic E-state index is 0.0702. The Hall–Kier alpha value is -1.09. The van der Waals surface area contributed by atoms with Crippen LogP contribution in [0.5, 0.6) is 5.75 Å². The molecule has 0 spiro atoms. The van der Waals surface area contributed by atoms with Crippen LogP contribution in [0.2, 0.25) is 0 Å². The standard InChI is InChI=1S/C13H18FNO/c1-16-12-4-2-10(3-5-12)6-7-13(14)8-11(15)9-13/h2-5,11H,6-9,15H2,1H3. The molecule has 2 N–H and O–H groups in total. The number of halogens is 1. The van der Waals surface area contributed by atoms with E-state index in [1.165, 1.54) is 0 Å². The number of methoxy groups -OCH3 is 1. The lowest BCUT2D eigenvalue weighted by Crippen LogP contribution is -2.48. The number of aryl methyl sites for hydroxylation is 1. The average molecular weight is 223 g/mol. The Balaban J connectivity index is 1.85. The summed E-state index contributed by atoms with van der Waals surface area (Å²) >= 11 is 0. The molecule has 2 nitrogen and oxygen atoms in total. The highest BCUT2D eigenvalue weighted by Crippen LogP contribution is 2.38. The molecular weight excluding hydrogens is 205 g/mol. The van der Waals surface area contributed by atoms with Gasteiger partial charge in [-0.3, -0.25) is 0 Å². The molecule has 0 bridgehead atoms. The molecule has 0 atom stereocenters. The van der Waals surface area contributed by atoms with E-state index in [9.17, 15) is 4.39 Å². The smallest absolute Gasteiger partial charge is 0.118 e. The summed E-state index contributed by atoms with van der Waals surface area (Å²) in [5, 5.41) is 0. The van der Waals surface area contributed by atoms with Crippen molar-refractivity contribution in [2.45, 2.75) is 37.4 Å². The second-order valence-electron chi connectivity index (χ2n) is 4.67. The Morgan fingerprint density at radius 3 is 2.50 bits per heavy atom. The van der Waals surface area contributed by atoms with E-state index in [1.807, 2.05) is 24.3 Å². The summed E-state index contributed by atoms with van der Waals surface area (Å²) in [4.78, 5) is 0. The number of benzene rings is 1. The molecular formula is C13H18FNO. The van der Waals surface area contributed by atoms with Gasteiger partial charge in [0.05, 0.1) is 7.11 Å². The number of ether oxygens (including phenoxy) is 1. The summed E-state index contributed by atoms with van der Waals surface area (Å²) in [5.74, 6) is 0.837. The maximum Gasteiger partial charge on any atom is 0.118 e. The van der Waals surface area contributed by atoms with Crippen LogP contribution in [0.3, 0.4) is 0 Å². The number of hydrogen-bond donors (Lipinski definition) is 1. The lowest BCUT2D eigenvalue weighted by atomic mass is 9.74. The Bertz CT molecular complexity index is 343. The van der Waals surface area contributed by atoms with Crippen molar-refractivity contribution < 1.29 is 9.13 Å². The molecule has 1 aromatic carbocycles. The fraction of sp³-hybridized carbons (Fsp3) is 0.538. The highest BCUT2D eigenvalue weighted by Gasteiger charge is 2.42. The summed E-state index contributed by atoms with van der Waals surface area (Å²) in [6, 6.07) is 7.86. The quantitative estimate of drug-likeness (QED) is 0.851. The Labute approximate surface area is 95.6 Å². The Morgan fingerprint density at radius 1 is 1.38 bits per heavy atom. The van der Waals surface area contributed by atoms with Gasteiger partial charge < -0.3 is 10.5 Å². The van der Waals surface area contributed by atoms with Crippen molar-refractivity contribution in [2.75, 3.05) is 7.11 Å². The molecule has 1 saturated carbocycles. The molecule has 1 aliphatic rings. The van der Waals surface area contributed by atoms with Crippen molar-refractivity contribution in [3.63, 3.8) is 0 Å². The molecule has 0 radical (unpaired) electrons. The summed E-state index contributed by atoms with van der Waals surface area (Å²) in [6.45, 7) is 0. The SMILES string of the molecule is COc1ccc(CCC2(F)CC(N)C2)cc1. The van der Waals surface area contributed by atoms with Gasteiger partial charge in [0, 0.05) is 6.04 Å². The van der Waals surface area contributed by atoms with Gasteiger partial charge in [0.1, 0.15) is 11.4 Å². The molecule has 2 rings (SSSR count). The minimum atomic E-state index is -1.01. The molecule has 0 heterocycles. The summed E-state index contributed by atoms with van der Waals surface area (Å²) in [7, 11) is 1.64. The lowest BCUT2D eigenvalue weighted by Gasteiger charge is -2.39. The maximum absolute atomic E-state index is 13.9. The normalized spacial score (nSPS) is 28.6. The van der Waals surface area contributed by atoms with Crippen molar-refractivity contribution in [1.29, 1.82) is 0 Å².